The molecule has 0 amide bonds. The molecular weight excluding hydrogens is 226 g/mol. The molecule has 1 heterocycles. The SMILES string of the molecule is CC(C)C(N)=S.NC(=S)c1cccnc1. The van der Waals surface area contributed by atoms with Crippen LogP contribution >= 0.6 is 24.4 Å². The molecule has 0 radical (unpaired) electrons. The molecule has 0 unspecified atom stereocenters. The zero-order chi connectivity index (χ0) is 11.8. The summed E-state index contributed by atoms with van der Waals surface area (Å²) >= 11 is 9.30. The number of nitrogens with two attached hydrogens (primary N) is 2. The fraction of sp³-hybridized carbons (Fsp3) is 0.300. The standard InChI is InChI=1S/C6H6N2S.C4H9NS/c7-6(9)5-2-1-3-8-4-5;1-3(2)4(5)6/h1-4H,(H2,7,9);3H,1-2H3,(H2,5,6). The summed E-state index contributed by atoms with van der Waals surface area (Å²) in [5.74, 6) is 0.361. The second-order valence-electron chi connectivity index (χ2n) is 3.16. The molecular formula is C10H15N3S2. The van der Waals surface area contributed by atoms with E-state index in [1.807, 2.05) is 19.9 Å². The maximum atomic E-state index is 5.31. The van der Waals surface area contributed by atoms with Crippen molar-refractivity contribution in [3.63, 3.8) is 0 Å². The third kappa shape index (κ3) is 6.93. The molecule has 3 nitrogen and oxygen atoms in total. The average Bonchev–Trinajstić information content (AvgIpc) is 2.20. The van der Waals surface area contributed by atoms with Crippen molar-refractivity contribution in [1.82, 2.24) is 4.98 Å². The van der Waals surface area contributed by atoms with Crippen LogP contribution in [0.15, 0.2) is 24.5 Å². The third-order valence-electron chi connectivity index (χ3n) is 1.52. The number of hydrogen-bond acceptors (Lipinski definition) is 3. The zero-order valence-corrected chi connectivity index (χ0v) is 10.4. The number of rotatable bonds is 2. The highest BCUT2D eigenvalue weighted by Crippen LogP contribution is 1.93. The van der Waals surface area contributed by atoms with Crippen LogP contribution in [0.1, 0.15) is 19.4 Å². The summed E-state index contributed by atoms with van der Waals surface area (Å²) in [6, 6.07) is 3.63. The molecule has 1 aromatic rings. The van der Waals surface area contributed by atoms with Gasteiger partial charge in [0.1, 0.15) is 4.99 Å². The number of hydrogen-bond donors (Lipinski definition) is 2. The van der Waals surface area contributed by atoms with Crippen LogP contribution in [0.3, 0.4) is 0 Å². The highest BCUT2D eigenvalue weighted by Gasteiger charge is 1.91. The van der Waals surface area contributed by atoms with Crippen LogP contribution in [0, 0.1) is 5.92 Å². The minimum Gasteiger partial charge on any atom is -0.393 e. The smallest absolute Gasteiger partial charge is 0.105 e. The molecule has 0 saturated carbocycles. The van der Waals surface area contributed by atoms with Gasteiger partial charge in [-0.05, 0) is 12.1 Å². The summed E-state index contributed by atoms with van der Waals surface area (Å²) in [4.78, 5) is 4.82. The van der Waals surface area contributed by atoms with Crippen molar-refractivity contribution in [2.24, 2.45) is 17.4 Å². The van der Waals surface area contributed by atoms with E-state index in [1.165, 1.54) is 0 Å². The fourth-order valence-corrected chi connectivity index (χ4v) is 0.629. The maximum absolute atomic E-state index is 5.31. The molecule has 15 heavy (non-hydrogen) atoms. The van der Waals surface area contributed by atoms with Gasteiger partial charge in [0.2, 0.25) is 0 Å². The van der Waals surface area contributed by atoms with Crippen molar-refractivity contribution in [3.05, 3.63) is 30.1 Å². The van der Waals surface area contributed by atoms with Gasteiger partial charge in [0.05, 0.1) is 4.99 Å². The molecule has 0 aliphatic rings. The highest BCUT2D eigenvalue weighted by molar-refractivity contribution is 7.80. The van der Waals surface area contributed by atoms with Crippen molar-refractivity contribution in [2.75, 3.05) is 0 Å². The first kappa shape index (κ1) is 13.9. The van der Waals surface area contributed by atoms with E-state index in [9.17, 15) is 0 Å². The Morgan fingerprint density at radius 3 is 2.07 bits per heavy atom. The number of pyridine rings is 1. The zero-order valence-electron chi connectivity index (χ0n) is 8.81. The monoisotopic (exact) mass is 241 g/mol. The molecule has 0 bridgehead atoms. The predicted octanol–water partition coefficient (Wildman–Crippen LogP) is 1.64. The molecule has 0 aliphatic heterocycles. The van der Waals surface area contributed by atoms with Crippen molar-refractivity contribution in [1.29, 1.82) is 0 Å². The first-order valence-electron chi connectivity index (χ1n) is 4.44. The second-order valence-corrected chi connectivity index (χ2v) is 4.07. The lowest BCUT2D eigenvalue weighted by molar-refractivity contribution is 0.891. The van der Waals surface area contributed by atoms with Gasteiger partial charge in [-0.3, -0.25) is 4.98 Å². The summed E-state index contributed by atoms with van der Waals surface area (Å²) in [5, 5.41) is 0. The van der Waals surface area contributed by atoms with Gasteiger partial charge in [0.25, 0.3) is 0 Å². The molecule has 82 valence electrons. The Labute approximate surface area is 101 Å². The van der Waals surface area contributed by atoms with Gasteiger partial charge in [-0.2, -0.15) is 0 Å². The quantitative estimate of drug-likeness (QED) is 0.771. The second kappa shape index (κ2) is 7.25. The van der Waals surface area contributed by atoms with E-state index >= 15 is 0 Å². The van der Waals surface area contributed by atoms with E-state index in [0.717, 1.165) is 5.56 Å². The Morgan fingerprint density at radius 2 is 1.87 bits per heavy atom. The van der Waals surface area contributed by atoms with Gasteiger partial charge < -0.3 is 11.5 Å². The number of aromatic nitrogens is 1. The molecule has 1 aromatic heterocycles. The van der Waals surface area contributed by atoms with E-state index < -0.39 is 0 Å². The molecule has 0 aliphatic carbocycles. The Hall–Kier alpha value is -1.07. The Bertz CT molecular complexity index is 323. The fourth-order valence-electron chi connectivity index (χ4n) is 0.509. The summed E-state index contributed by atoms with van der Waals surface area (Å²) in [5.41, 5.74) is 11.3. The van der Waals surface area contributed by atoms with Crippen LogP contribution in [-0.2, 0) is 0 Å². The van der Waals surface area contributed by atoms with Gasteiger partial charge in [-0.15, -0.1) is 0 Å². The highest BCUT2D eigenvalue weighted by atomic mass is 32.1. The van der Waals surface area contributed by atoms with Crippen LogP contribution in [0.5, 0.6) is 0 Å². The Morgan fingerprint density at radius 1 is 1.33 bits per heavy atom. The molecule has 0 atom stereocenters. The molecule has 0 saturated heterocycles. The lowest BCUT2D eigenvalue weighted by Crippen LogP contribution is -2.14. The van der Waals surface area contributed by atoms with Crippen LogP contribution < -0.4 is 11.5 Å². The topological polar surface area (TPSA) is 64.9 Å². The first-order chi connectivity index (χ1) is 6.95. The minimum atomic E-state index is 0.361. The molecule has 0 fully saturated rings. The van der Waals surface area contributed by atoms with Crippen molar-refractivity contribution in [2.45, 2.75) is 13.8 Å². The molecule has 0 spiro atoms. The Balaban J connectivity index is 0.000000288. The summed E-state index contributed by atoms with van der Waals surface area (Å²) in [6.45, 7) is 3.95. The third-order valence-corrected chi connectivity index (χ3v) is 2.22. The van der Waals surface area contributed by atoms with Crippen molar-refractivity contribution in [3.8, 4) is 0 Å². The summed E-state index contributed by atoms with van der Waals surface area (Å²) in [6.07, 6.45) is 3.32. The lowest BCUT2D eigenvalue weighted by Gasteiger charge is -1.95. The van der Waals surface area contributed by atoms with Crippen LogP contribution in [0.25, 0.3) is 0 Å². The van der Waals surface area contributed by atoms with Crippen LogP contribution in [-0.4, -0.2) is 15.0 Å². The molecule has 0 aromatic carbocycles. The molecule has 5 heteroatoms. The van der Waals surface area contributed by atoms with Gasteiger partial charge in [0.15, 0.2) is 0 Å². The van der Waals surface area contributed by atoms with Crippen LogP contribution in [0.4, 0.5) is 0 Å². The van der Waals surface area contributed by atoms with Crippen molar-refractivity contribution >= 4 is 34.4 Å². The molecule has 1 rings (SSSR count). The number of nitrogens with zero attached hydrogens (tertiary/aromatic N) is 1. The normalized spacial score (nSPS) is 9.00. The van der Waals surface area contributed by atoms with Gasteiger partial charge >= 0.3 is 0 Å². The van der Waals surface area contributed by atoms with Gasteiger partial charge in [0, 0.05) is 23.9 Å². The lowest BCUT2D eigenvalue weighted by atomic mass is 10.2. The summed E-state index contributed by atoms with van der Waals surface area (Å²) < 4.78 is 0. The largest absolute Gasteiger partial charge is 0.393 e. The van der Waals surface area contributed by atoms with Crippen molar-refractivity contribution < 1.29 is 0 Å². The van der Waals surface area contributed by atoms with E-state index in [-0.39, 0.29) is 0 Å². The average molecular weight is 241 g/mol. The minimum absolute atomic E-state index is 0.361. The van der Waals surface area contributed by atoms with Crippen LogP contribution in [0.2, 0.25) is 0 Å². The van der Waals surface area contributed by atoms with E-state index in [2.05, 4.69) is 17.2 Å². The summed E-state index contributed by atoms with van der Waals surface area (Å²) in [7, 11) is 0. The first-order valence-corrected chi connectivity index (χ1v) is 5.26. The van der Waals surface area contributed by atoms with E-state index in [1.54, 1.807) is 18.5 Å². The maximum Gasteiger partial charge on any atom is 0.105 e. The van der Waals surface area contributed by atoms with E-state index in [4.69, 9.17) is 23.7 Å². The Kier molecular flexibility index (Phi) is 6.73. The van der Waals surface area contributed by atoms with Gasteiger partial charge in [-0.1, -0.05) is 38.3 Å². The molecule has 4 N–H and O–H groups in total. The number of thiocarbonyl (C=S) groups is 2. The van der Waals surface area contributed by atoms with Gasteiger partial charge in [-0.25, -0.2) is 0 Å². The predicted molar refractivity (Wildman–Crippen MR) is 71.7 cm³/mol. The van der Waals surface area contributed by atoms with E-state index in [0.29, 0.717) is 15.9 Å².